The quantitative estimate of drug-likeness (QED) is 0.270. The Bertz CT molecular complexity index is 1730. The molecule has 7 rings (SSSR count). The van der Waals surface area contributed by atoms with E-state index in [0.717, 1.165) is 11.1 Å². The molecule has 3 N–H and O–H groups in total. The largest absolute Gasteiger partial charge is 0.491 e. The number of carbonyl (C=O) groups excluding carboxylic acids is 2. The van der Waals surface area contributed by atoms with Gasteiger partial charge in [-0.1, -0.05) is 97.1 Å². The number of cyclic esters (lactones) is 1. The molecule has 0 aliphatic carbocycles. The lowest BCUT2D eigenvalue weighted by Gasteiger charge is -2.46. The lowest BCUT2D eigenvalue weighted by Crippen LogP contribution is -2.52. The second-order valence-electron chi connectivity index (χ2n) is 11.2. The number of amides is 1. The zero-order chi connectivity index (χ0) is 30.4. The van der Waals surface area contributed by atoms with E-state index < -0.39 is 53.4 Å². The minimum Gasteiger partial charge on any atom is -0.491 e. The molecule has 0 bridgehead atoms. The number of esters is 1. The lowest BCUT2D eigenvalue weighted by atomic mass is 9.65. The summed E-state index contributed by atoms with van der Waals surface area (Å²) in [4.78, 5) is 44.1. The molecule has 222 valence electrons. The third-order valence-corrected chi connectivity index (χ3v) is 9.04. The highest BCUT2D eigenvalue weighted by Gasteiger charge is 2.74. The number of ether oxygens (including phenoxy) is 2. The van der Waals surface area contributed by atoms with Crippen molar-refractivity contribution in [3.05, 3.63) is 131 Å². The molecule has 2 saturated heterocycles. The molecule has 0 saturated carbocycles. The van der Waals surface area contributed by atoms with E-state index in [4.69, 9.17) is 9.47 Å². The van der Waals surface area contributed by atoms with Gasteiger partial charge in [-0.15, -0.1) is 0 Å². The van der Waals surface area contributed by atoms with Crippen LogP contribution in [-0.2, 0) is 24.5 Å². The molecule has 9 nitrogen and oxygen atoms in total. The number of hydrogen-bond donors (Lipinski definition) is 3. The maximum absolute atomic E-state index is 14.5. The number of benzene rings is 4. The number of aliphatic hydroxyl groups is 1. The van der Waals surface area contributed by atoms with Gasteiger partial charge in [0.25, 0.3) is 0 Å². The number of morpholine rings is 1. The van der Waals surface area contributed by atoms with Crippen LogP contribution in [0.3, 0.4) is 0 Å². The van der Waals surface area contributed by atoms with Gasteiger partial charge in [-0.2, -0.15) is 0 Å². The van der Waals surface area contributed by atoms with Gasteiger partial charge in [0.2, 0.25) is 5.91 Å². The minimum atomic E-state index is -1.73. The summed E-state index contributed by atoms with van der Waals surface area (Å²) in [6.07, 6.45) is -0.806. The molecular weight excluding hydrogens is 560 g/mol. The van der Waals surface area contributed by atoms with Crippen LogP contribution in [0.15, 0.2) is 109 Å². The van der Waals surface area contributed by atoms with Crippen molar-refractivity contribution in [2.45, 2.75) is 29.6 Å². The first kappa shape index (κ1) is 27.8. The number of aliphatic hydroxyl groups excluding tert-OH is 1. The van der Waals surface area contributed by atoms with Crippen LogP contribution >= 0.6 is 0 Å². The number of carboxylic acid groups (broad SMARTS) is 1. The van der Waals surface area contributed by atoms with Crippen molar-refractivity contribution in [1.29, 1.82) is 0 Å². The van der Waals surface area contributed by atoms with Gasteiger partial charge < -0.3 is 25.0 Å². The fraction of sp³-hybridized carbons (Fsp3) is 0.229. The normalized spacial score (nSPS) is 27.3. The molecule has 2 fully saturated rings. The summed E-state index contributed by atoms with van der Waals surface area (Å²) in [5.74, 6) is -3.64. The molecule has 44 heavy (non-hydrogen) atoms. The first-order chi connectivity index (χ1) is 21.5. The molecule has 3 aliphatic heterocycles. The van der Waals surface area contributed by atoms with E-state index in [1.807, 2.05) is 65.6 Å². The number of hydrogen-bond acceptors (Lipinski definition) is 7. The van der Waals surface area contributed by atoms with Gasteiger partial charge >= 0.3 is 11.9 Å². The Labute approximate surface area is 253 Å². The Kier molecular flexibility index (Phi) is 6.91. The topological polar surface area (TPSA) is 125 Å². The van der Waals surface area contributed by atoms with Crippen LogP contribution in [0.1, 0.15) is 40.4 Å². The van der Waals surface area contributed by atoms with Crippen LogP contribution in [0.5, 0.6) is 5.75 Å². The Morgan fingerprint density at radius 2 is 1.48 bits per heavy atom. The van der Waals surface area contributed by atoms with Crippen LogP contribution < -0.4 is 10.1 Å². The van der Waals surface area contributed by atoms with E-state index in [-0.39, 0.29) is 13.2 Å². The molecule has 4 aromatic rings. The lowest BCUT2D eigenvalue weighted by molar-refractivity contribution is -0.179. The number of para-hydroxylation sites is 2. The second kappa shape index (κ2) is 10.9. The first-order valence-corrected chi connectivity index (χ1v) is 14.5. The monoisotopic (exact) mass is 590 g/mol. The van der Waals surface area contributed by atoms with Gasteiger partial charge in [0, 0.05) is 11.3 Å². The van der Waals surface area contributed by atoms with Crippen molar-refractivity contribution in [3.8, 4) is 5.75 Å². The molecule has 1 spiro atoms. The molecular formula is C35H30N2O7. The molecule has 4 aromatic carbocycles. The van der Waals surface area contributed by atoms with E-state index in [0.29, 0.717) is 22.6 Å². The Balaban J connectivity index is 1.57. The highest BCUT2D eigenvalue weighted by atomic mass is 16.6. The zero-order valence-corrected chi connectivity index (χ0v) is 23.6. The number of nitrogens with one attached hydrogen (secondary N) is 1. The summed E-state index contributed by atoms with van der Waals surface area (Å²) in [7, 11) is 0. The number of nitrogens with zero attached hydrogens (tertiary/aromatic N) is 1. The number of carbonyl (C=O) groups is 3. The highest BCUT2D eigenvalue weighted by molar-refractivity contribution is 6.11. The molecule has 0 unspecified atom stereocenters. The average Bonchev–Trinajstić information content (AvgIpc) is 3.53. The molecule has 3 heterocycles. The predicted octanol–water partition coefficient (Wildman–Crippen LogP) is 4.41. The highest BCUT2D eigenvalue weighted by Crippen LogP contribution is 2.65. The van der Waals surface area contributed by atoms with Crippen LogP contribution in [0, 0.1) is 5.92 Å². The van der Waals surface area contributed by atoms with E-state index in [1.165, 1.54) is 0 Å². The van der Waals surface area contributed by atoms with Gasteiger partial charge in [-0.05, 0) is 28.8 Å². The van der Waals surface area contributed by atoms with Gasteiger partial charge in [-0.25, -0.2) is 0 Å². The Morgan fingerprint density at radius 3 is 2.18 bits per heavy atom. The summed E-state index contributed by atoms with van der Waals surface area (Å²) >= 11 is 0. The summed E-state index contributed by atoms with van der Waals surface area (Å²) in [5.41, 5.74) is 1.31. The summed E-state index contributed by atoms with van der Waals surface area (Å²) in [6, 6.07) is 30.0. The van der Waals surface area contributed by atoms with Gasteiger partial charge in [0.15, 0.2) is 0 Å². The number of anilines is 1. The summed E-state index contributed by atoms with van der Waals surface area (Å²) in [5, 5.41) is 23.5. The van der Waals surface area contributed by atoms with E-state index in [9.17, 15) is 24.6 Å². The first-order valence-electron chi connectivity index (χ1n) is 14.5. The molecule has 9 heteroatoms. The zero-order valence-electron chi connectivity index (χ0n) is 23.6. The molecule has 0 radical (unpaired) electrons. The van der Waals surface area contributed by atoms with Crippen LogP contribution in [0.2, 0.25) is 0 Å². The number of fused-ring (bicyclic) bond motifs is 3. The van der Waals surface area contributed by atoms with Gasteiger partial charge in [0.05, 0.1) is 18.7 Å². The average molecular weight is 591 g/mol. The van der Waals surface area contributed by atoms with E-state index >= 15 is 0 Å². The van der Waals surface area contributed by atoms with E-state index in [2.05, 4.69) is 5.32 Å². The standard InChI is InChI=1S/C35H30N2O7/c38-19-20-43-26-18-10-7-15-23(26)31-35(24-16-8-9-17-25(24)36-34(35)42)27(32(39)40)29-33(41)44-30(22-13-5-2-6-14-22)28(37(29)31)21-11-3-1-4-12-21/h1-18,27-31,38H,19-20H2,(H,36,42)(H,39,40)/t27-,28-,29-,30+,31+,35-/m0/s1. The van der Waals surface area contributed by atoms with E-state index in [1.54, 1.807) is 48.5 Å². The third kappa shape index (κ3) is 4.04. The Hall–Kier alpha value is -4.99. The van der Waals surface area contributed by atoms with Crippen molar-refractivity contribution >= 4 is 23.5 Å². The van der Waals surface area contributed by atoms with Crippen molar-refractivity contribution < 1.29 is 34.1 Å². The molecule has 3 aliphatic rings. The van der Waals surface area contributed by atoms with Crippen molar-refractivity contribution in [3.63, 3.8) is 0 Å². The molecule has 6 atom stereocenters. The van der Waals surface area contributed by atoms with Crippen molar-refractivity contribution in [1.82, 2.24) is 4.90 Å². The molecule has 0 aromatic heterocycles. The summed E-state index contributed by atoms with van der Waals surface area (Å²) in [6.45, 7) is -0.255. The van der Waals surface area contributed by atoms with Crippen LogP contribution in [0.25, 0.3) is 0 Å². The summed E-state index contributed by atoms with van der Waals surface area (Å²) < 4.78 is 12.2. The van der Waals surface area contributed by atoms with Gasteiger partial charge in [-0.3, -0.25) is 19.3 Å². The van der Waals surface area contributed by atoms with Crippen molar-refractivity contribution in [2.24, 2.45) is 5.92 Å². The maximum atomic E-state index is 14.5. The fourth-order valence-electron chi connectivity index (χ4n) is 7.49. The van der Waals surface area contributed by atoms with Crippen molar-refractivity contribution in [2.75, 3.05) is 18.5 Å². The smallest absolute Gasteiger partial charge is 0.325 e. The fourth-order valence-corrected chi connectivity index (χ4v) is 7.49. The Morgan fingerprint density at radius 1 is 0.841 bits per heavy atom. The number of rotatable bonds is 7. The maximum Gasteiger partial charge on any atom is 0.325 e. The molecule has 1 amide bonds. The predicted molar refractivity (Wildman–Crippen MR) is 160 cm³/mol. The van der Waals surface area contributed by atoms with Crippen LogP contribution in [-0.4, -0.2) is 52.2 Å². The SMILES string of the molecule is O=C1O[C@H](c2ccccc2)[C@H](c2ccccc2)N2[C@H]1[C@@H](C(=O)O)[C@]1(C(=O)Nc3ccccc31)[C@H]2c1ccccc1OCCO. The number of aliphatic carboxylic acids is 1. The van der Waals surface area contributed by atoms with Crippen LogP contribution in [0.4, 0.5) is 5.69 Å². The number of carboxylic acids is 1. The van der Waals surface area contributed by atoms with Gasteiger partial charge in [0.1, 0.15) is 35.8 Å². The second-order valence-corrected chi connectivity index (χ2v) is 11.2. The third-order valence-electron chi connectivity index (χ3n) is 9.04. The minimum absolute atomic E-state index is 0.0118.